The monoisotopic (exact) mass is 348 g/mol. The van der Waals surface area contributed by atoms with Crippen LogP contribution < -0.4 is 4.74 Å². The fourth-order valence-corrected chi connectivity index (χ4v) is 2.44. The third-order valence-electron chi connectivity index (χ3n) is 3.88. The number of alkyl halides is 3. The molecule has 2 N–H and O–H groups in total. The summed E-state index contributed by atoms with van der Waals surface area (Å²) < 4.78 is 44.1. The number of Topliss-reactive ketones (excluding diaryl/α,β-unsaturated/α-hetero) is 1. The number of halogens is 3. The van der Waals surface area contributed by atoms with E-state index < -0.39 is 29.6 Å². The lowest BCUT2D eigenvalue weighted by Gasteiger charge is -2.35. The second-order valence-electron chi connectivity index (χ2n) is 6.20. The maximum absolute atomic E-state index is 13.0. The molecule has 0 saturated carbocycles. The van der Waals surface area contributed by atoms with E-state index in [0.29, 0.717) is 5.56 Å². The minimum Gasteiger partial charge on any atom is -0.496 e. The molecule has 0 saturated heterocycles. The van der Waals surface area contributed by atoms with E-state index in [4.69, 9.17) is 9.84 Å². The van der Waals surface area contributed by atoms with E-state index in [1.165, 1.54) is 46.1 Å². The first-order chi connectivity index (χ1) is 10.8. The average molecular weight is 348 g/mol. The van der Waals surface area contributed by atoms with Crippen molar-refractivity contribution >= 4 is 11.8 Å². The van der Waals surface area contributed by atoms with Crippen molar-refractivity contribution in [2.45, 2.75) is 44.4 Å². The van der Waals surface area contributed by atoms with Gasteiger partial charge in [-0.25, -0.2) is 4.79 Å². The third kappa shape index (κ3) is 3.69. The average Bonchev–Trinajstić information content (AvgIpc) is 2.44. The second kappa shape index (κ2) is 6.43. The van der Waals surface area contributed by atoms with Crippen molar-refractivity contribution in [2.75, 3.05) is 7.11 Å². The molecular formula is C16H19F3O5. The van der Waals surface area contributed by atoms with E-state index in [0.717, 1.165) is 0 Å². The molecule has 134 valence electrons. The Balaban J connectivity index is 3.34. The number of hydrogen-bond acceptors (Lipinski definition) is 4. The van der Waals surface area contributed by atoms with Gasteiger partial charge in [0, 0.05) is 6.42 Å². The normalized spacial score (nSPS) is 14.8. The van der Waals surface area contributed by atoms with E-state index in [2.05, 4.69) is 0 Å². The molecule has 0 amide bonds. The summed E-state index contributed by atoms with van der Waals surface area (Å²) in [6, 6.07) is 4.18. The summed E-state index contributed by atoms with van der Waals surface area (Å²) in [5.74, 6) is -2.48. The van der Waals surface area contributed by atoms with Crippen LogP contribution in [0.15, 0.2) is 18.2 Å². The minimum absolute atomic E-state index is 0.166. The highest BCUT2D eigenvalue weighted by molar-refractivity contribution is 5.96. The number of carbonyl (C=O) groups is 2. The topological polar surface area (TPSA) is 83.8 Å². The quantitative estimate of drug-likeness (QED) is 0.772. The molecule has 0 aliphatic rings. The molecule has 0 aromatic heterocycles. The van der Waals surface area contributed by atoms with Crippen LogP contribution in [-0.2, 0) is 10.2 Å². The summed E-state index contributed by atoms with van der Waals surface area (Å²) in [6.07, 6.45) is -6.43. The van der Waals surface area contributed by atoms with Gasteiger partial charge in [-0.15, -0.1) is 0 Å². The maximum atomic E-state index is 13.0. The van der Waals surface area contributed by atoms with Crippen LogP contribution in [0.3, 0.4) is 0 Å². The van der Waals surface area contributed by atoms with Crippen LogP contribution in [0, 0.1) is 0 Å². The van der Waals surface area contributed by atoms with E-state index in [1.54, 1.807) is 0 Å². The Morgan fingerprint density at radius 1 is 1.21 bits per heavy atom. The summed E-state index contributed by atoms with van der Waals surface area (Å²) in [6.45, 7) is 4.05. The van der Waals surface area contributed by atoms with Gasteiger partial charge in [-0.1, -0.05) is 19.9 Å². The van der Waals surface area contributed by atoms with Crippen LogP contribution in [0.1, 0.15) is 43.1 Å². The second-order valence-corrected chi connectivity index (χ2v) is 6.20. The smallest absolute Gasteiger partial charge is 0.428 e. The van der Waals surface area contributed by atoms with Crippen LogP contribution in [0.5, 0.6) is 5.75 Å². The molecule has 1 aromatic rings. The van der Waals surface area contributed by atoms with E-state index in [-0.39, 0.29) is 17.1 Å². The van der Waals surface area contributed by atoms with Crippen LogP contribution in [0.25, 0.3) is 0 Å². The van der Waals surface area contributed by atoms with Gasteiger partial charge in [-0.05, 0) is 30.0 Å². The molecule has 0 fully saturated rings. The fraction of sp³-hybridized carbons (Fsp3) is 0.500. The predicted octanol–water partition coefficient (Wildman–Crippen LogP) is 2.94. The van der Waals surface area contributed by atoms with Crippen molar-refractivity contribution in [2.24, 2.45) is 0 Å². The van der Waals surface area contributed by atoms with Gasteiger partial charge >= 0.3 is 12.1 Å². The van der Waals surface area contributed by atoms with Crippen molar-refractivity contribution in [3.63, 3.8) is 0 Å². The van der Waals surface area contributed by atoms with Crippen molar-refractivity contribution in [1.29, 1.82) is 0 Å². The zero-order valence-corrected chi connectivity index (χ0v) is 13.7. The number of carboxylic acid groups (broad SMARTS) is 1. The van der Waals surface area contributed by atoms with Gasteiger partial charge in [0.05, 0.1) is 12.7 Å². The van der Waals surface area contributed by atoms with Crippen molar-refractivity contribution in [3.05, 3.63) is 29.3 Å². The number of carboxylic acids is 1. The molecule has 0 spiro atoms. The van der Waals surface area contributed by atoms with Crippen molar-refractivity contribution in [1.82, 2.24) is 0 Å². The third-order valence-corrected chi connectivity index (χ3v) is 3.88. The lowest BCUT2D eigenvalue weighted by atomic mass is 9.74. The van der Waals surface area contributed by atoms with E-state index >= 15 is 0 Å². The lowest BCUT2D eigenvalue weighted by molar-refractivity contribution is -0.265. The Hall–Kier alpha value is -2.09. The van der Waals surface area contributed by atoms with Gasteiger partial charge in [0.1, 0.15) is 5.75 Å². The Labute approximate surface area is 137 Å². The lowest BCUT2D eigenvalue weighted by Crippen LogP contribution is -2.55. The number of ether oxygens (including phenoxy) is 1. The first kappa shape index (κ1) is 20.0. The van der Waals surface area contributed by atoms with Gasteiger partial charge in [-0.2, -0.15) is 13.2 Å². The van der Waals surface area contributed by atoms with Crippen molar-refractivity contribution < 1.29 is 37.7 Å². The number of rotatable bonds is 6. The molecule has 0 aliphatic heterocycles. The van der Waals surface area contributed by atoms with Gasteiger partial charge in [0.15, 0.2) is 5.78 Å². The number of methoxy groups -OCH3 is 1. The minimum atomic E-state index is -5.33. The molecule has 0 aliphatic carbocycles. The number of aliphatic carboxylic acids is 1. The molecule has 1 atom stereocenters. The molecule has 0 radical (unpaired) electrons. The summed E-state index contributed by atoms with van der Waals surface area (Å²) >= 11 is 0. The molecule has 24 heavy (non-hydrogen) atoms. The number of aliphatic hydroxyl groups is 1. The zero-order valence-electron chi connectivity index (χ0n) is 13.7. The highest BCUT2D eigenvalue weighted by Crippen LogP contribution is 2.42. The number of ketones is 1. The van der Waals surface area contributed by atoms with Crippen LogP contribution >= 0.6 is 0 Å². The molecular weight excluding hydrogens is 329 g/mol. The Kier molecular flexibility index (Phi) is 5.34. The standard InChI is InChI=1S/C16H19F3O5/c1-9(20)11-6-5-10(7-12(11)24-4)14(2,3)8-15(23,13(21)22)16(17,18)19/h5-7,23H,8H2,1-4H3,(H,21,22). The summed E-state index contributed by atoms with van der Waals surface area (Å²) in [4.78, 5) is 22.5. The summed E-state index contributed by atoms with van der Waals surface area (Å²) in [5.41, 5.74) is -4.69. The summed E-state index contributed by atoms with van der Waals surface area (Å²) in [5, 5.41) is 18.5. The first-order valence-electron chi connectivity index (χ1n) is 6.98. The molecule has 0 heterocycles. The Morgan fingerprint density at radius 3 is 2.12 bits per heavy atom. The number of carbonyl (C=O) groups excluding carboxylic acids is 1. The van der Waals surface area contributed by atoms with Gasteiger partial charge in [0.25, 0.3) is 5.60 Å². The van der Waals surface area contributed by atoms with Gasteiger partial charge < -0.3 is 14.9 Å². The molecule has 0 bridgehead atoms. The molecule has 1 unspecified atom stereocenters. The van der Waals surface area contributed by atoms with Crippen molar-refractivity contribution in [3.8, 4) is 5.75 Å². The highest BCUT2D eigenvalue weighted by Gasteiger charge is 2.61. The maximum Gasteiger partial charge on any atom is 0.428 e. The SMILES string of the molecule is COc1cc(C(C)(C)CC(O)(C(=O)O)C(F)(F)F)ccc1C(C)=O. The summed E-state index contributed by atoms with van der Waals surface area (Å²) in [7, 11) is 1.31. The molecule has 1 aromatic carbocycles. The highest BCUT2D eigenvalue weighted by atomic mass is 19.4. The fourth-order valence-electron chi connectivity index (χ4n) is 2.44. The predicted molar refractivity (Wildman–Crippen MR) is 79.3 cm³/mol. The zero-order chi connectivity index (χ0) is 18.9. The number of benzene rings is 1. The van der Waals surface area contributed by atoms with Gasteiger partial charge in [-0.3, -0.25) is 4.79 Å². The van der Waals surface area contributed by atoms with E-state index in [9.17, 15) is 27.9 Å². The Bertz CT molecular complexity index is 652. The largest absolute Gasteiger partial charge is 0.496 e. The van der Waals surface area contributed by atoms with Crippen LogP contribution in [0.2, 0.25) is 0 Å². The molecule has 5 nitrogen and oxygen atoms in total. The van der Waals surface area contributed by atoms with Crippen LogP contribution in [0.4, 0.5) is 13.2 Å². The molecule has 1 rings (SSSR count). The first-order valence-corrected chi connectivity index (χ1v) is 6.98. The number of hydrogen-bond donors (Lipinski definition) is 2. The van der Waals surface area contributed by atoms with Gasteiger partial charge in [0.2, 0.25) is 0 Å². The van der Waals surface area contributed by atoms with Crippen LogP contribution in [-0.4, -0.2) is 40.9 Å². The Morgan fingerprint density at radius 2 is 1.75 bits per heavy atom. The molecule has 8 heteroatoms. The van der Waals surface area contributed by atoms with E-state index in [1.807, 2.05) is 0 Å².